The number of aromatic nitrogens is 2. The lowest BCUT2D eigenvalue weighted by Gasteiger charge is -2.07. The maximum Gasteiger partial charge on any atom is 0.135 e. The van der Waals surface area contributed by atoms with Gasteiger partial charge in [-0.2, -0.15) is 0 Å². The van der Waals surface area contributed by atoms with Gasteiger partial charge >= 0.3 is 0 Å². The number of ketones is 1. The van der Waals surface area contributed by atoms with E-state index in [1.165, 1.54) is 0 Å². The molecule has 84 valence electrons. The monoisotopic (exact) mass is 210 g/mol. The van der Waals surface area contributed by atoms with Crippen LogP contribution in [0.4, 0.5) is 0 Å². The third kappa shape index (κ3) is 3.83. The number of imidazole rings is 1. The Morgan fingerprint density at radius 1 is 1.67 bits per heavy atom. The lowest BCUT2D eigenvalue weighted by atomic mass is 10.1. The van der Waals surface area contributed by atoms with Crippen molar-refractivity contribution in [1.29, 1.82) is 0 Å². The van der Waals surface area contributed by atoms with Gasteiger partial charge in [-0.15, -0.1) is 0 Å². The molecule has 4 nitrogen and oxygen atoms in total. The van der Waals surface area contributed by atoms with Crippen molar-refractivity contribution in [3.63, 3.8) is 0 Å². The molecule has 1 aromatic rings. The molecule has 0 fully saturated rings. The van der Waals surface area contributed by atoms with E-state index in [0.717, 1.165) is 5.82 Å². The van der Waals surface area contributed by atoms with E-state index in [9.17, 15) is 4.79 Å². The van der Waals surface area contributed by atoms with Crippen molar-refractivity contribution in [3.05, 3.63) is 18.2 Å². The van der Waals surface area contributed by atoms with Crippen molar-refractivity contribution in [2.45, 2.75) is 32.3 Å². The summed E-state index contributed by atoms with van der Waals surface area (Å²) in [5, 5.41) is 0. The highest BCUT2D eigenvalue weighted by Crippen LogP contribution is 2.04. The van der Waals surface area contributed by atoms with Crippen LogP contribution in [0, 0.1) is 0 Å². The van der Waals surface area contributed by atoms with Gasteiger partial charge in [0.1, 0.15) is 11.6 Å². The molecule has 0 saturated heterocycles. The molecule has 0 N–H and O–H groups in total. The van der Waals surface area contributed by atoms with Crippen LogP contribution in [-0.4, -0.2) is 28.5 Å². The largest absolute Gasteiger partial charge is 0.381 e. The molecule has 1 unspecified atom stereocenters. The minimum Gasteiger partial charge on any atom is -0.381 e. The number of nitrogens with zero attached hydrogens (tertiary/aromatic N) is 2. The van der Waals surface area contributed by atoms with Crippen LogP contribution in [0.3, 0.4) is 0 Å². The predicted octanol–water partition coefficient (Wildman–Crippen LogP) is 1.35. The first kappa shape index (κ1) is 11.9. The minimum absolute atomic E-state index is 0.0128. The molecule has 0 aromatic carbocycles. The Labute approximate surface area is 90.3 Å². The summed E-state index contributed by atoms with van der Waals surface area (Å²) in [6, 6.07) is 0. The number of rotatable bonds is 6. The van der Waals surface area contributed by atoms with Gasteiger partial charge in [-0.1, -0.05) is 0 Å². The van der Waals surface area contributed by atoms with Crippen LogP contribution in [0.15, 0.2) is 12.4 Å². The fourth-order valence-electron chi connectivity index (χ4n) is 1.39. The maximum atomic E-state index is 11.5. The number of hydrogen-bond acceptors (Lipinski definition) is 3. The molecule has 0 saturated carbocycles. The van der Waals surface area contributed by atoms with Gasteiger partial charge in [0.05, 0.1) is 6.10 Å². The minimum atomic E-state index is 0.0128. The smallest absolute Gasteiger partial charge is 0.135 e. The van der Waals surface area contributed by atoms with Gasteiger partial charge < -0.3 is 9.30 Å². The summed E-state index contributed by atoms with van der Waals surface area (Å²) in [5.74, 6) is 1.18. The van der Waals surface area contributed by atoms with Crippen molar-refractivity contribution < 1.29 is 9.53 Å². The Bertz CT molecular complexity index is 320. The van der Waals surface area contributed by atoms with Crippen molar-refractivity contribution in [2.24, 2.45) is 7.05 Å². The van der Waals surface area contributed by atoms with E-state index >= 15 is 0 Å². The van der Waals surface area contributed by atoms with Crippen LogP contribution in [0.1, 0.15) is 25.6 Å². The van der Waals surface area contributed by atoms with Gasteiger partial charge in [0.15, 0.2) is 0 Å². The second kappa shape index (κ2) is 5.66. The lowest BCUT2D eigenvalue weighted by molar-refractivity contribution is -0.121. The molecule has 0 aliphatic carbocycles. The van der Waals surface area contributed by atoms with Crippen LogP contribution >= 0.6 is 0 Å². The summed E-state index contributed by atoms with van der Waals surface area (Å²) in [7, 11) is 3.56. The van der Waals surface area contributed by atoms with Gasteiger partial charge in [0.25, 0.3) is 0 Å². The van der Waals surface area contributed by atoms with E-state index in [-0.39, 0.29) is 11.9 Å². The second-order valence-corrected chi connectivity index (χ2v) is 3.74. The number of Topliss-reactive ketones (excluding diaryl/α,β-unsaturated/α-hetero) is 1. The highest BCUT2D eigenvalue weighted by Gasteiger charge is 2.09. The molecule has 0 aliphatic rings. The highest BCUT2D eigenvalue weighted by atomic mass is 16.5. The average molecular weight is 210 g/mol. The van der Waals surface area contributed by atoms with E-state index in [4.69, 9.17) is 4.74 Å². The zero-order valence-electron chi connectivity index (χ0n) is 9.56. The molecular formula is C11H18N2O2. The molecule has 1 heterocycles. The SMILES string of the molecule is COC(C)CC(=O)CCc1nccn1C. The Kier molecular flexibility index (Phi) is 4.49. The first-order valence-corrected chi connectivity index (χ1v) is 5.14. The van der Waals surface area contributed by atoms with Gasteiger partial charge in [0, 0.05) is 45.8 Å². The van der Waals surface area contributed by atoms with E-state index in [1.54, 1.807) is 13.3 Å². The number of methoxy groups -OCH3 is 1. The quantitative estimate of drug-likeness (QED) is 0.711. The molecule has 15 heavy (non-hydrogen) atoms. The normalized spacial score (nSPS) is 12.7. The summed E-state index contributed by atoms with van der Waals surface area (Å²) >= 11 is 0. The van der Waals surface area contributed by atoms with Crippen LogP contribution in [0.5, 0.6) is 0 Å². The summed E-state index contributed by atoms with van der Waals surface area (Å²) in [6.07, 6.45) is 5.38. The number of carbonyl (C=O) groups is 1. The number of hydrogen-bond donors (Lipinski definition) is 0. The fraction of sp³-hybridized carbons (Fsp3) is 0.636. The lowest BCUT2D eigenvalue weighted by Crippen LogP contribution is -2.13. The van der Waals surface area contributed by atoms with Crippen LogP contribution in [0.25, 0.3) is 0 Å². The first-order valence-electron chi connectivity index (χ1n) is 5.14. The van der Waals surface area contributed by atoms with E-state index in [1.807, 2.05) is 24.7 Å². The summed E-state index contributed by atoms with van der Waals surface area (Å²) in [6.45, 7) is 1.90. The van der Waals surface area contributed by atoms with Gasteiger partial charge in [-0.05, 0) is 6.92 Å². The van der Waals surface area contributed by atoms with E-state index < -0.39 is 0 Å². The van der Waals surface area contributed by atoms with Crippen LogP contribution < -0.4 is 0 Å². The van der Waals surface area contributed by atoms with E-state index in [2.05, 4.69) is 4.98 Å². The van der Waals surface area contributed by atoms with Gasteiger partial charge in [0.2, 0.25) is 0 Å². The standard InChI is InChI=1S/C11H18N2O2/c1-9(15-3)8-10(14)4-5-11-12-6-7-13(11)2/h6-7,9H,4-5,8H2,1-3H3. The second-order valence-electron chi connectivity index (χ2n) is 3.74. The number of aryl methyl sites for hydroxylation is 2. The van der Waals surface area contributed by atoms with Crippen molar-refractivity contribution in [3.8, 4) is 0 Å². The Morgan fingerprint density at radius 2 is 2.40 bits per heavy atom. The highest BCUT2D eigenvalue weighted by molar-refractivity contribution is 5.78. The molecule has 0 aliphatic heterocycles. The molecule has 1 rings (SSSR count). The fourth-order valence-corrected chi connectivity index (χ4v) is 1.39. The zero-order valence-corrected chi connectivity index (χ0v) is 9.56. The topological polar surface area (TPSA) is 44.1 Å². The summed E-state index contributed by atoms with van der Waals surface area (Å²) < 4.78 is 6.98. The Morgan fingerprint density at radius 3 is 2.93 bits per heavy atom. The third-order valence-electron chi connectivity index (χ3n) is 2.47. The predicted molar refractivity (Wildman–Crippen MR) is 57.6 cm³/mol. The molecule has 4 heteroatoms. The maximum absolute atomic E-state index is 11.5. The van der Waals surface area contributed by atoms with Crippen LogP contribution in [-0.2, 0) is 23.0 Å². The third-order valence-corrected chi connectivity index (χ3v) is 2.47. The molecule has 0 bridgehead atoms. The molecular weight excluding hydrogens is 192 g/mol. The number of ether oxygens (including phenoxy) is 1. The van der Waals surface area contributed by atoms with Crippen molar-refractivity contribution in [2.75, 3.05) is 7.11 Å². The average Bonchev–Trinajstić information content (AvgIpc) is 2.61. The van der Waals surface area contributed by atoms with E-state index in [0.29, 0.717) is 19.3 Å². The van der Waals surface area contributed by atoms with Crippen LogP contribution in [0.2, 0.25) is 0 Å². The van der Waals surface area contributed by atoms with Crippen molar-refractivity contribution >= 4 is 5.78 Å². The molecule has 0 amide bonds. The first-order chi connectivity index (χ1) is 7.13. The summed E-state index contributed by atoms with van der Waals surface area (Å²) in [4.78, 5) is 15.7. The molecule has 0 spiro atoms. The summed E-state index contributed by atoms with van der Waals surface area (Å²) in [5.41, 5.74) is 0. The van der Waals surface area contributed by atoms with Gasteiger partial charge in [-0.3, -0.25) is 4.79 Å². The van der Waals surface area contributed by atoms with Gasteiger partial charge in [-0.25, -0.2) is 4.98 Å². The number of carbonyl (C=O) groups excluding carboxylic acids is 1. The zero-order chi connectivity index (χ0) is 11.3. The Hall–Kier alpha value is -1.16. The van der Waals surface area contributed by atoms with Crippen molar-refractivity contribution in [1.82, 2.24) is 9.55 Å². The Balaban J connectivity index is 2.31. The molecule has 1 atom stereocenters. The molecule has 1 aromatic heterocycles. The molecule has 0 radical (unpaired) electrons.